The summed E-state index contributed by atoms with van der Waals surface area (Å²) in [4.78, 5) is 16.4. The number of anilines is 2. The van der Waals surface area contributed by atoms with Gasteiger partial charge in [-0.1, -0.05) is 25.2 Å². The third kappa shape index (κ3) is 4.50. The molecule has 6 nitrogen and oxygen atoms in total. The first-order chi connectivity index (χ1) is 8.54. The summed E-state index contributed by atoms with van der Waals surface area (Å²) in [7, 11) is 1.58. The molecule has 0 fully saturated rings. The highest BCUT2D eigenvalue weighted by Gasteiger charge is 2.15. The summed E-state index contributed by atoms with van der Waals surface area (Å²) in [6.45, 7) is 5.94. The molecule has 102 valence electrons. The van der Waals surface area contributed by atoms with Crippen molar-refractivity contribution >= 4 is 28.2 Å². The lowest BCUT2D eigenvalue weighted by Gasteiger charge is -2.04. The molecule has 4 N–H and O–H groups in total. The molecule has 1 amide bonds. The summed E-state index contributed by atoms with van der Waals surface area (Å²) < 4.78 is 4.86. The van der Waals surface area contributed by atoms with E-state index in [0.717, 1.165) is 6.54 Å². The number of rotatable bonds is 7. The molecule has 0 radical (unpaired) electrons. The van der Waals surface area contributed by atoms with Gasteiger partial charge in [0.15, 0.2) is 5.13 Å². The van der Waals surface area contributed by atoms with E-state index in [-0.39, 0.29) is 11.7 Å². The van der Waals surface area contributed by atoms with Crippen LogP contribution in [-0.4, -0.2) is 37.7 Å². The van der Waals surface area contributed by atoms with Crippen LogP contribution in [0.5, 0.6) is 0 Å². The third-order valence-corrected chi connectivity index (χ3v) is 3.14. The van der Waals surface area contributed by atoms with Crippen LogP contribution in [0, 0.1) is 5.92 Å². The first kappa shape index (κ1) is 14.7. The molecule has 0 aliphatic heterocycles. The van der Waals surface area contributed by atoms with Crippen LogP contribution in [-0.2, 0) is 4.74 Å². The van der Waals surface area contributed by atoms with Gasteiger partial charge in [-0.15, -0.1) is 0 Å². The SMILES string of the molecule is COCCNC(=O)c1sc(NCC(C)C)nc1N. The van der Waals surface area contributed by atoms with Gasteiger partial charge in [-0.05, 0) is 5.92 Å². The van der Waals surface area contributed by atoms with Crippen molar-refractivity contribution in [2.24, 2.45) is 5.92 Å². The topological polar surface area (TPSA) is 89.3 Å². The Balaban J connectivity index is 2.57. The molecule has 1 rings (SSSR count). The van der Waals surface area contributed by atoms with Gasteiger partial charge in [0.25, 0.3) is 5.91 Å². The van der Waals surface area contributed by atoms with Crippen molar-refractivity contribution in [2.45, 2.75) is 13.8 Å². The molecule has 0 aromatic carbocycles. The fourth-order valence-corrected chi connectivity index (χ4v) is 2.02. The number of aromatic nitrogens is 1. The monoisotopic (exact) mass is 272 g/mol. The summed E-state index contributed by atoms with van der Waals surface area (Å²) in [5.74, 6) is 0.565. The molecule has 0 unspecified atom stereocenters. The van der Waals surface area contributed by atoms with Crippen molar-refractivity contribution in [1.82, 2.24) is 10.3 Å². The zero-order valence-electron chi connectivity index (χ0n) is 10.9. The summed E-state index contributed by atoms with van der Waals surface area (Å²) in [6.07, 6.45) is 0. The Hall–Kier alpha value is -1.34. The highest BCUT2D eigenvalue weighted by atomic mass is 32.1. The summed E-state index contributed by atoms with van der Waals surface area (Å²) in [6, 6.07) is 0. The number of carbonyl (C=O) groups excluding carboxylic acids is 1. The van der Waals surface area contributed by atoms with Crippen LogP contribution in [0.2, 0.25) is 0 Å². The number of thiazole rings is 1. The predicted octanol–water partition coefficient (Wildman–Crippen LogP) is 1.17. The van der Waals surface area contributed by atoms with Crippen LogP contribution in [0.15, 0.2) is 0 Å². The van der Waals surface area contributed by atoms with E-state index in [1.54, 1.807) is 7.11 Å². The van der Waals surface area contributed by atoms with E-state index in [2.05, 4.69) is 29.5 Å². The second-order valence-electron chi connectivity index (χ2n) is 4.26. The Labute approximate surface area is 111 Å². The number of nitrogen functional groups attached to an aromatic ring is 1. The average molecular weight is 272 g/mol. The maximum Gasteiger partial charge on any atom is 0.265 e. The minimum absolute atomic E-state index is 0.209. The molecule has 1 aromatic rings. The largest absolute Gasteiger partial charge is 0.383 e. The standard InChI is InChI=1S/C11H20N4O2S/c1-7(2)6-14-11-15-9(12)8(18-11)10(16)13-4-5-17-3/h7H,4-6,12H2,1-3H3,(H,13,16)(H,14,15). The molecule has 0 aliphatic carbocycles. The van der Waals surface area contributed by atoms with E-state index in [1.165, 1.54) is 11.3 Å². The minimum Gasteiger partial charge on any atom is -0.383 e. The van der Waals surface area contributed by atoms with E-state index in [0.29, 0.717) is 29.1 Å². The summed E-state index contributed by atoms with van der Waals surface area (Å²) in [5, 5.41) is 6.55. The first-order valence-electron chi connectivity index (χ1n) is 5.82. The van der Waals surface area contributed by atoms with Crippen LogP contribution in [0.3, 0.4) is 0 Å². The Bertz CT molecular complexity index is 392. The molecule has 7 heteroatoms. The number of hydrogen-bond donors (Lipinski definition) is 3. The maximum absolute atomic E-state index is 11.8. The first-order valence-corrected chi connectivity index (χ1v) is 6.63. The van der Waals surface area contributed by atoms with Gasteiger partial charge in [-0.2, -0.15) is 0 Å². The van der Waals surface area contributed by atoms with Crippen LogP contribution < -0.4 is 16.4 Å². The molecular formula is C11H20N4O2S. The van der Waals surface area contributed by atoms with Crippen molar-refractivity contribution < 1.29 is 9.53 Å². The molecule has 1 heterocycles. The second-order valence-corrected chi connectivity index (χ2v) is 5.26. The van der Waals surface area contributed by atoms with Crippen LogP contribution in [0.4, 0.5) is 10.9 Å². The van der Waals surface area contributed by atoms with Gasteiger partial charge in [0.05, 0.1) is 6.61 Å². The summed E-state index contributed by atoms with van der Waals surface area (Å²) in [5.41, 5.74) is 5.72. The lowest BCUT2D eigenvalue weighted by Crippen LogP contribution is -2.26. The third-order valence-electron chi connectivity index (χ3n) is 2.11. The smallest absolute Gasteiger partial charge is 0.265 e. The van der Waals surface area contributed by atoms with Gasteiger partial charge in [0, 0.05) is 20.2 Å². The van der Waals surface area contributed by atoms with Gasteiger partial charge in [0.2, 0.25) is 0 Å². The van der Waals surface area contributed by atoms with E-state index in [1.807, 2.05) is 0 Å². The normalized spacial score (nSPS) is 10.7. The van der Waals surface area contributed by atoms with Gasteiger partial charge in [-0.3, -0.25) is 4.79 Å². The highest BCUT2D eigenvalue weighted by molar-refractivity contribution is 7.18. The zero-order valence-corrected chi connectivity index (χ0v) is 11.8. The van der Waals surface area contributed by atoms with Crippen molar-refractivity contribution in [3.05, 3.63) is 4.88 Å². The van der Waals surface area contributed by atoms with Gasteiger partial charge in [0.1, 0.15) is 10.7 Å². The average Bonchev–Trinajstić information content (AvgIpc) is 2.68. The number of methoxy groups -OCH3 is 1. The van der Waals surface area contributed by atoms with E-state index >= 15 is 0 Å². The lowest BCUT2D eigenvalue weighted by atomic mass is 10.2. The van der Waals surface area contributed by atoms with Crippen molar-refractivity contribution in [3.8, 4) is 0 Å². The van der Waals surface area contributed by atoms with E-state index in [4.69, 9.17) is 10.5 Å². The molecule has 0 aliphatic rings. The number of carbonyl (C=O) groups is 1. The zero-order chi connectivity index (χ0) is 13.5. The van der Waals surface area contributed by atoms with Crippen LogP contribution in [0.25, 0.3) is 0 Å². The van der Waals surface area contributed by atoms with Gasteiger partial charge in [-0.25, -0.2) is 4.98 Å². The summed E-state index contributed by atoms with van der Waals surface area (Å²) >= 11 is 1.27. The fourth-order valence-electron chi connectivity index (χ4n) is 1.21. The quantitative estimate of drug-likeness (QED) is 0.648. The van der Waals surface area contributed by atoms with Crippen LogP contribution in [0.1, 0.15) is 23.5 Å². The van der Waals surface area contributed by atoms with Crippen molar-refractivity contribution in [2.75, 3.05) is 37.9 Å². The molecule has 0 saturated heterocycles. The number of nitrogens with one attached hydrogen (secondary N) is 2. The maximum atomic E-state index is 11.8. The van der Waals surface area contributed by atoms with Crippen LogP contribution >= 0.6 is 11.3 Å². The Morgan fingerprint density at radius 2 is 2.28 bits per heavy atom. The van der Waals surface area contributed by atoms with Crippen molar-refractivity contribution in [1.29, 1.82) is 0 Å². The number of hydrogen-bond acceptors (Lipinski definition) is 6. The fraction of sp³-hybridized carbons (Fsp3) is 0.636. The number of nitrogens with two attached hydrogens (primary N) is 1. The Morgan fingerprint density at radius 1 is 1.56 bits per heavy atom. The molecule has 0 bridgehead atoms. The lowest BCUT2D eigenvalue weighted by molar-refractivity contribution is 0.0942. The Kier molecular flexibility index (Phi) is 5.87. The van der Waals surface area contributed by atoms with E-state index in [9.17, 15) is 4.79 Å². The second kappa shape index (κ2) is 7.17. The number of amides is 1. The molecule has 0 spiro atoms. The highest BCUT2D eigenvalue weighted by Crippen LogP contribution is 2.24. The Morgan fingerprint density at radius 3 is 2.89 bits per heavy atom. The number of ether oxygens (including phenoxy) is 1. The van der Waals surface area contributed by atoms with Crippen molar-refractivity contribution in [3.63, 3.8) is 0 Å². The molecule has 18 heavy (non-hydrogen) atoms. The predicted molar refractivity (Wildman–Crippen MR) is 74.1 cm³/mol. The molecule has 0 saturated carbocycles. The number of nitrogens with zero attached hydrogens (tertiary/aromatic N) is 1. The van der Waals surface area contributed by atoms with E-state index < -0.39 is 0 Å². The molecule has 1 aromatic heterocycles. The van der Waals surface area contributed by atoms with Gasteiger partial charge < -0.3 is 21.1 Å². The van der Waals surface area contributed by atoms with Gasteiger partial charge >= 0.3 is 0 Å². The molecule has 0 atom stereocenters. The molecular weight excluding hydrogens is 252 g/mol. The minimum atomic E-state index is -0.209.